The number of hydrogen-bond acceptors (Lipinski definition) is 5. The van der Waals surface area contributed by atoms with Crippen molar-refractivity contribution in [3.8, 4) is 0 Å². The molecule has 2 aromatic rings. The quantitative estimate of drug-likeness (QED) is 0.605. The second kappa shape index (κ2) is 5.03. The number of unbranched alkanes of at least 4 members (excludes halogenated alkanes) is 1. The van der Waals surface area contributed by atoms with Crippen molar-refractivity contribution in [2.24, 2.45) is 0 Å². The van der Waals surface area contributed by atoms with Gasteiger partial charge in [0.2, 0.25) is 0 Å². The van der Waals surface area contributed by atoms with Gasteiger partial charge in [0.05, 0.1) is 16.8 Å². The van der Waals surface area contributed by atoms with E-state index in [1.165, 1.54) is 17.7 Å². The van der Waals surface area contributed by atoms with Gasteiger partial charge in [-0.3, -0.25) is 0 Å². The minimum absolute atomic E-state index is 0.358. The van der Waals surface area contributed by atoms with Crippen LogP contribution in [0.4, 0.5) is 0 Å². The monoisotopic (exact) mass is 236 g/mol. The van der Waals surface area contributed by atoms with E-state index in [1.54, 1.807) is 0 Å². The summed E-state index contributed by atoms with van der Waals surface area (Å²) in [5, 5.41) is 1.89. The van der Waals surface area contributed by atoms with Crippen LogP contribution in [0.2, 0.25) is 0 Å². The normalized spacial score (nSPS) is 10.6. The third kappa shape index (κ3) is 2.19. The van der Waals surface area contributed by atoms with Crippen molar-refractivity contribution in [3.05, 3.63) is 23.5 Å². The summed E-state index contributed by atoms with van der Waals surface area (Å²) in [4.78, 5) is 19.8. The summed E-state index contributed by atoms with van der Waals surface area (Å²) in [6.07, 6.45) is 3.28. The molecular weight excluding hydrogens is 224 g/mol. The average molecular weight is 236 g/mol. The Morgan fingerprint density at radius 1 is 1.50 bits per heavy atom. The van der Waals surface area contributed by atoms with Crippen LogP contribution in [0.25, 0.3) is 10.2 Å². The first-order valence-electron chi connectivity index (χ1n) is 5.18. The van der Waals surface area contributed by atoms with Gasteiger partial charge in [0.15, 0.2) is 5.69 Å². The fraction of sp³-hybridized carbons (Fsp3) is 0.364. The van der Waals surface area contributed by atoms with Crippen LogP contribution in [0, 0.1) is 0 Å². The number of thiophene rings is 1. The van der Waals surface area contributed by atoms with Gasteiger partial charge in [0.1, 0.15) is 6.33 Å². The number of nitrogens with zero attached hydrogens (tertiary/aromatic N) is 2. The van der Waals surface area contributed by atoms with Crippen molar-refractivity contribution in [3.63, 3.8) is 0 Å². The highest BCUT2D eigenvalue weighted by atomic mass is 32.1. The maximum Gasteiger partial charge on any atom is 0.358 e. The van der Waals surface area contributed by atoms with Crippen LogP contribution in [0.5, 0.6) is 0 Å². The van der Waals surface area contributed by atoms with Crippen LogP contribution in [0.1, 0.15) is 30.3 Å². The van der Waals surface area contributed by atoms with Gasteiger partial charge < -0.3 is 4.74 Å². The maximum atomic E-state index is 11.7. The van der Waals surface area contributed by atoms with Gasteiger partial charge >= 0.3 is 5.97 Å². The minimum Gasteiger partial charge on any atom is -0.461 e. The Kier molecular flexibility index (Phi) is 3.46. The zero-order valence-corrected chi connectivity index (χ0v) is 9.79. The summed E-state index contributed by atoms with van der Waals surface area (Å²) in [7, 11) is 0. The average Bonchev–Trinajstić information content (AvgIpc) is 2.76. The zero-order chi connectivity index (χ0) is 11.4. The molecule has 0 bridgehead atoms. The number of rotatable bonds is 4. The van der Waals surface area contributed by atoms with Gasteiger partial charge in [-0.15, -0.1) is 11.3 Å². The first kappa shape index (κ1) is 11.0. The third-order valence-corrected chi connectivity index (χ3v) is 3.08. The molecule has 0 fully saturated rings. The second-order valence-electron chi connectivity index (χ2n) is 3.35. The van der Waals surface area contributed by atoms with E-state index in [2.05, 4.69) is 16.9 Å². The lowest BCUT2D eigenvalue weighted by molar-refractivity contribution is 0.0495. The third-order valence-electron chi connectivity index (χ3n) is 2.17. The molecule has 0 aliphatic heterocycles. The predicted octanol–water partition coefficient (Wildman–Crippen LogP) is 2.65. The number of carbonyl (C=O) groups is 1. The van der Waals surface area contributed by atoms with E-state index in [-0.39, 0.29) is 5.97 Å². The standard InChI is InChI=1S/C11H12N2O2S/c1-2-3-5-15-11(14)9-10-8(4-6-16-10)12-7-13-9/h4,6-7H,2-3,5H2,1H3. The lowest BCUT2D eigenvalue weighted by Crippen LogP contribution is -2.08. The molecule has 2 aromatic heterocycles. The molecule has 0 unspecified atom stereocenters. The summed E-state index contributed by atoms with van der Waals surface area (Å²) in [6.45, 7) is 2.50. The van der Waals surface area contributed by atoms with E-state index in [1.807, 2.05) is 11.4 Å². The minimum atomic E-state index is -0.358. The van der Waals surface area contributed by atoms with Crippen LogP contribution < -0.4 is 0 Å². The molecule has 0 N–H and O–H groups in total. The van der Waals surface area contributed by atoms with Gasteiger partial charge in [0.25, 0.3) is 0 Å². The number of ether oxygens (including phenoxy) is 1. The molecule has 0 radical (unpaired) electrons. The van der Waals surface area contributed by atoms with Crippen LogP contribution >= 0.6 is 11.3 Å². The fourth-order valence-corrected chi connectivity index (χ4v) is 2.13. The van der Waals surface area contributed by atoms with E-state index in [9.17, 15) is 4.79 Å². The predicted molar refractivity (Wildman–Crippen MR) is 62.6 cm³/mol. The molecule has 0 spiro atoms. The largest absolute Gasteiger partial charge is 0.461 e. The van der Waals surface area contributed by atoms with Gasteiger partial charge in [-0.1, -0.05) is 13.3 Å². The van der Waals surface area contributed by atoms with Gasteiger partial charge in [-0.2, -0.15) is 0 Å². The summed E-state index contributed by atoms with van der Waals surface area (Å²) in [5.74, 6) is -0.358. The molecule has 0 aliphatic rings. The van der Waals surface area contributed by atoms with E-state index < -0.39 is 0 Å². The van der Waals surface area contributed by atoms with Crippen molar-refractivity contribution < 1.29 is 9.53 Å². The van der Waals surface area contributed by atoms with Crippen LogP contribution in [0.15, 0.2) is 17.8 Å². The van der Waals surface area contributed by atoms with Gasteiger partial charge in [-0.25, -0.2) is 14.8 Å². The molecule has 4 nitrogen and oxygen atoms in total. The molecule has 0 atom stereocenters. The van der Waals surface area contributed by atoms with Crippen molar-refractivity contribution >= 4 is 27.5 Å². The summed E-state index contributed by atoms with van der Waals surface area (Å²) in [6, 6.07) is 1.87. The topological polar surface area (TPSA) is 52.1 Å². The van der Waals surface area contributed by atoms with Crippen LogP contribution in [-0.4, -0.2) is 22.5 Å². The Morgan fingerprint density at radius 3 is 3.19 bits per heavy atom. The SMILES string of the molecule is CCCCOC(=O)c1ncnc2ccsc12. The van der Waals surface area contributed by atoms with Crippen LogP contribution in [-0.2, 0) is 4.74 Å². The van der Waals surface area contributed by atoms with Crippen molar-refractivity contribution in [2.45, 2.75) is 19.8 Å². The Bertz CT molecular complexity index is 495. The first-order chi connectivity index (χ1) is 7.83. The number of fused-ring (bicyclic) bond motifs is 1. The molecule has 0 saturated carbocycles. The number of esters is 1. The summed E-state index contributed by atoms with van der Waals surface area (Å²) >= 11 is 1.46. The summed E-state index contributed by atoms with van der Waals surface area (Å²) in [5.41, 5.74) is 1.17. The smallest absolute Gasteiger partial charge is 0.358 e. The van der Waals surface area contributed by atoms with E-state index >= 15 is 0 Å². The molecule has 84 valence electrons. The lowest BCUT2D eigenvalue weighted by Gasteiger charge is -2.03. The zero-order valence-electron chi connectivity index (χ0n) is 8.97. The molecule has 0 aromatic carbocycles. The maximum absolute atomic E-state index is 11.7. The van der Waals surface area contributed by atoms with Gasteiger partial charge in [-0.05, 0) is 17.9 Å². The Labute approximate surface area is 97.3 Å². The Balaban J connectivity index is 2.19. The van der Waals surface area contributed by atoms with Crippen molar-refractivity contribution in [2.75, 3.05) is 6.61 Å². The Morgan fingerprint density at radius 2 is 2.38 bits per heavy atom. The fourth-order valence-electron chi connectivity index (χ4n) is 1.31. The van der Waals surface area contributed by atoms with E-state index in [0.717, 1.165) is 23.1 Å². The van der Waals surface area contributed by atoms with E-state index in [4.69, 9.17) is 4.74 Å². The number of aromatic nitrogens is 2. The molecular formula is C11H12N2O2S. The Hall–Kier alpha value is -1.49. The highest BCUT2D eigenvalue weighted by Gasteiger charge is 2.14. The first-order valence-corrected chi connectivity index (χ1v) is 6.06. The molecule has 16 heavy (non-hydrogen) atoms. The molecule has 2 rings (SSSR count). The molecule has 2 heterocycles. The number of carbonyl (C=O) groups excluding carboxylic acids is 1. The highest BCUT2D eigenvalue weighted by molar-refractivity contribution is 7.17. The van der Waals surface area contributed by atoms with Crippen molar-refractivity contribution in [1.82, 2.24) is 9.97 Å². The molecule has 0 amide bonds. The second-order valence-corrected chi connectivity index (χ2v) is 4.26. The molecule has 0 aliphatic carbocycles. The molecule has 0 saturated heterocycles. The lowest BCUT2D eigenvalue weighted by atomic mass is 10.3. The highest BCUT2D eigenvalue weighted by Crippen LogP contribution is 2.21. The van der Waals surface area contributed by atoms with Crippen molar-refractivity contribution in [1.29, 1.82) is 0 Å². The summed E-state index contributed by atoms with van der Waals surface area (Å²) < 4.78 is 5.92. The molecule has 5 heteroatoms. The number of hydrogen-bond donors (Lipinski definition) is 0. The van der Waals surface area contributed by atoms with Gasteiger partial charge in [0, 0.05) is 0 Å². The van der Waals surface area contributed by atoms with Crippen LogP contribution in [0.3, 0.4) is 0 Å². The van der Waals surface area contributed by atoms with E-state index in [0.29, 0.717) is 12.3 Å².